The van der Waals surface area contributed by atoms with Crippen LogP contribution in [0.3, 0.4) is 0 Å². The van der Waals surface area contributed by atoms with Gasteiger partial charge in [0.05, 0.1) is 6.10 Å². The van der Waals surface area contributed by atoms with Gasteiger partial charge in [-0.05, 0) is 62.4 Å². The summed E-state index contributed by atoms with van der Waals surface area (Å²) >= 11 is 0. The van der Waals surface area contributed by atoms with Gasteiger partial charge in [0.2, 0.25) is 0 Å². The van der Waals surface area contributed by atoms with Gasteiger partial charge in [-0.15, -0.1) is 0 Å². The fraction of sp³-hybridized carbons (Fsp3) is 0.625. The summed E-state index contributed by atoms with van der Waals surface area (Å²) in [5, 5.41) is 9.73. The maximum Gasteiger partial charge on any atom is 0.115 e. The number of hydrogen-bond acceptors (Lipinski definition) is 3. The molecule has 1 fully saturated rings. The zero-order valence-corrected chi connectivity index (χ0v) is 11.6. The summed E-state index contributed by atoms with van der Waals surface area (Å²) in [5.74, 6) is 0.385. The van der Waals surface area contributed by atoms with Crippen molar-refractivity contribution in [1.29, 1.82) is 0 Å². The Balaban J connectivity index is 1.76. The summed E-state index contributed by atoms with van der Waals surface area (Å²) in [6.07, 6.45) is 6.33. The van der Waals surface area contributed by atoms with Gasteiger partial charge in [-0.2, -0.15) is 0 Å². The van der Waals surface area contributed by atoms with E-state index in [0.29, 0.717) is 17.9 Å². The molecule has 1 aromatic carbocycles. The highest BCUT2D eigenvalue weighted by Crippen LogP contribution is 2.35. The zero-order chi connectivity index (χ0) is 13.2. The van der Waals surface area contributed by atoms with Gasteiger partial charge in [0.1, 0.15) is 5.75 Å². The number of phenols is 1. The third-order valence-corrected chi connectivity index (χ3v) is 4.46. The lowest BCUT2D eigenvalue weighted by Gasteiger charge is -2.34. The summed E-state index contributed by atoms with van der Waals surface area (Å²) in [5.41, 5.74) is 2.71. The lowest BCUT2D eigenvalue weighted by atomic mass is 9.86. The Morgan fingerprint density at radius 2 is 2.21 bits per heavy atom. The molecule has 0 saturated carbocycles. The van der Waals surface area contributed by atoms with Crippen LogP contribution in [-0.2, 0) is 11.2 Å². The van der Waals surface area contributed by atoms with Gasteiger partial charge < -0.3 is 9.84 Å². The van der Waals surface area contributed by atoms with Crippen molar-refractivity contribution < 1.29 is 9.84 Å². The molecule has 1 aliphatic heterocycles. The molecule has 3 rings (SSSR count). The predicted molar refractivity (Wildman–Crippen MR) is 75.4 cm³/mol. The second kappa shape index (κ2) is 5.51. The van der Waals surface area contributed by atoms with Gasteiger partial charge in [-0.3, -0.25) is 4.90 Å². The summed E-state index contributed by atoms with van der Waals surface area (Å²) < 4.78 is 5.74. The van der Waals surface area contributed by atoms with Gasteiger partial charge in [0.25, 0.3) is 0 Å². The van der Waals surface area contributed by atoms with E-state index in [4.69, 9.17) is 4.74 Å². The number of ether oxygens (including phenoxy) is 1. The molecule has 0 bridgehead atoms. The Kier molecular flexibility index (Phi) is 3.76. The lowest BCUT2D eigenvalue weighted by Crippen LogP contribution is -2.34. The molecule has 3 nitrogen and oxygen atoms in total. The minimum Gasteiger partial charge on any atom is -0.508 e. The van der Waals surface area contributed by atoms with Crippen LogP contribution in [0.2, 0.25) is 0 Å². The van der Waals surface area contributed by atoms with Crippen LogP contribution >= 0.6 is 0 Å². The van der Waals surface area contributed by atoms with Crippen LogP contribution in [0.1, 0.15) is 42.9 Å². The fourth-order valence-electron chi connectivity index (χ4n) is 3.46. The molecule has 19 heavy (non-hydrogen) atoms. The maximum absolute atomic E-state index is 9.73. The highest BCUT2D eigenvalue weighted by atomic mass is 16.5. The van der Waals surface area contributed by atoms with Crippen molar-refractivity contribution >= 4 is 0 Å². The number of hydrogen-bond donors (Lipinski definition) is 1. The molecule has 1 saturated heterocycles. The second-order valence-corrected chi connectivity index (χ2v) is 5.87. The van der Waals surface area contributed by atoms with Gasteiger partial charge >= 0.3 is 0 Å². The van der Waals surface area contributed by atoms with E-state index in [2.05, 4.69) is 18.0 Å². The molecular formula is C16H23NO2. The number of aryl methyl sites for hydroxylation is 1. The van der Waals surface area contributed by atoms with E-state index >= 15 is 0 Å². The first-order valence-electron chi connectivity index (χ1n) is 7.37. The quantitative estimate of drug-likeness (QED) is 0.908. The maximum atomic E-state index is 9.73. The molecule has 1 aliphatic carbocycles. The number of nitrogens with zero attached hydrogens (tertiary/aromatic N) is 1. The van der Waals surface area contributed by atoms with Crippen LogP contribution < -0.4 is 0 Å². The summed E-state index contributed by atoms with van der Waals surface area (Å²) in [4.78, 5) is 2.41. The van der Waals surface area contributed by atoms with E-state index in [9.17, 15) is 5.11 Å². The van der Waals surface area contributed by atoms with Crippen LogP contribution in [0.4, 0.5) is 0 Å². The number of fused-ring (bicyclic) bond motifs is 1. The lowest BCUT2D eigenvalue weighted by molar-refractivity contribution is 0.0647. The molecule has 2 atom stereocenters. The predicted octanol–water partition coefficient (Wildman–Crippen LogP) is 2.88. The molecule has 0 radical (unpaired) electrons. The normalized spacial score (nSPS) is 26.6. The standard InChI is InChI=1S/C16H23NO2/c1-17(11-14-5-3-9-19-14)16-6-2-4-12-7-8-13(18)10-15(12)16/h7-8,10,14,16,18H,2-6,9,11H2,1H3. The van der Waals surface area contributed by atoms with Crippen molar-refractivity contribution in [3.63, 3.8) is 0 Å². The van der Waals surface area contributed by atoms with Crippen LogP contribution in [0, 0.1) is 0 Å². The molecule has 0 aromatic heterocycles. The molecule has 2 aliphatic rings. The molecule has 1 N–H and O–H groups in total. The third-order valence-electron chi connectivity index (χ3n) is 4.46. The number of aromatic hydroxyl groups is 1. The Labute approximate surface area is 115 Å². The number of likely N-dealkylation sites (N-methyl/N-ethyl adjacent to an activating group) is 1. The van der Waals surface area contributed by atoms with Gasteiger partial charge in [-0.25, -0.2) is 0 Å². The van der Waals surface area contributed by atoms with E-state index in [1.807, 2.05) is 6.07 Å². The smallest absolute Gasteiger partial charge is 0.115 e. The Bertz CT molecular complexity index is 440. The average Bonchev–Trinajstić information content (AvgIpc) is 2.90. The van der Waals surface area contributed by atoms with Crippen molar-refractivity contribution in [2.45, 2.75) is 44.2 Å². The van der Waals surface area contributed by atoms with E-state index < -0.39 is 0 Å². The minimum absolute atomic E-state index is 0.385. The van der Waals surface area contributed by atoms with Crippen molar-refractivity contribution in [3.8, 4) is 5.75 Å². The van der Waals surface area contributed by atoms with Crippen molar-refractivity contribution in [3.05, 3.63) is 29.3 Å². The van der Waals surface area contributed by atoms with Crippen LogP contribution in [0.25, 0.3) is 0 Å². The Morgan fingerprint density at radius 1 is 1.32 bits per heavy atom. The Hall–Kier alpha value is -1.06. The Morgan fingerprint density at radius 3 is 3.00 bits per heavy atom. The SMILES string of the molecule is CN(CC1CCCO1)C1CCCc2ccc(O)cc21. The minimum atomic E-state index is 0.385. The van der Waals surface area contributed by atoms with E-state index in [1.165, 1.54) is 36.8 Å². The van der Waals surface area contributed by atoms with Crippen molar-refractivity contribution in [2.75, 3.05) is 20.2 Å². The van der Waals surface area contributed by atoms with Crippen molar-refractivity contribution in [2.24, 2.45) is 0 Å². The van der Waals surface area contributed by atoms with Crippen LogP contribution in [-0.4, -0.2) is 36.3 Å². The van der Waals surface area contributed by atoms with Crippen LogP contribution in [0.5, 0.6) is 5.75 Å². The molecule has 1 aromatic rings. The molecular weight excluding hydrogens is 238 g/mol. The highest BCUT2D eigenvalue weighted by Gasteiger charge is 2.27. The third kappa shape index (κ3) is 2.77. The molecule has 0 spiro atoms. The number of phenolic OH excluding ortho intramolecular Hbond substituents is 1. The average molecular weight is 261 g/mol. The van der Waals surface area contributed by atoms with Gasteiger partial charge in [0.15, 0.2) is 0 Å². The zero-order valence-electron chi connectivity index (χ0n) is 11.6. The molecule has 1 heterocycles. The van der Waals surface area contributed by atoms with Crippen molar-refractivity contribution in [1.82, 2.24) is 4.90 Å². The molecule has 3 heteroatoms. The van der Waals surface area contributed by atoms with Gasteiger partial charge in [0, 0.05) is 19.2 Å². The first-order chi connectivity index (χ1) is 9.24. The topological polar surface area (TPSA) is 32.7 Å². The molecule has 104 valence electrons. The van der Waals surface area contributed by atoms with Crippen LogP contribution in [0.15, 0.2) is 18.2 Å². The summed E-state index contributed by atoms with van der Waals surface area (Å²) in [6.45, 7) is 1.92. The van der Waals surface area contributed by atoms with Gasteiger partial charge in [-0.1, -0.05) is 6.07 Å². The monoisotopic (exact) mass is 261 g/mol. The first kappa shape index (κ1) is 12.9. The van der Waals surface area contributed by atoms with E-state index in [1.54, 1.807) is 6.07 Å². The molecule has 2 unspecified atom stereocenters. The summed E-state index contributed by atoms with van der Waals surface area (Å²) in [7, 11) is 2.19. The largest absolute Gasteiger partial charge is 0.508 e. The number of rotatable bonds is 3. The second-order valence-electron chi connectivity index (χ2n) is 5.87. The molecule has 0 amide bonds. The van der Waals surface area contributed by atoms with E-state index in [0.717, 1.165) is 19.6 Å². The first-order valence-corrected chi connectivity index (χ1v) is 7.37. The summed E-state index contributed by atoms with van der Waals surface area (Å²) in [6, 6.07) is 6.27. The highest BCUT2D eigenvalue weighted by molar-refractivity contribution is 5.38. The fourth-order valence-corrected chi connectivity index (χ4v) is 3.46. The number of benzene rings is 1. The van der Waals surface area contributed by atoms with E-state index in [-0.39, 0.29) is 0 Å².